The third-order valence-electron chi connectivity index (χ3n) is 12.2. The van der Waals surface area contributed by atoms with E-state index >= 15 is 0 Å². The van der Waals surface area contributed by atoms with Crippen LogP contribution in [0.25, 0.3) is 0 Å². The Bertz CT molecular complexity index is 2650. The van der Waals surface area contributed by atoms with Crippen molar-refractivity contribution in [3.63, 3.8) is 0 Å². The van der Waals surface area contributed by atoms with Crippen LogP contribution in [0.3, 0.4) is 0 Å². The molecule has 2 aromatic rings. The third-order valence-corrected chi connectivity index (χ3v) is 14.6. The maximum Gasteiger partial charge on any atom is 0.490 e. The van der Waals surface area contributed by atoms with E-state index in [0.29, 0.717) is 17.5 Å². The Morgan fingerprint density at radius 3 is 1.93 bits per heavy atom. The number of aromatic hydroxyl groups is 1. The van der Waals surface area contributed by atoms with Crippen molar-refractivity contribution < 1.29 is 80.9 Å². The summed E-state index contributed by atoms with van der Waals surface area (Å²) < 4.78 is 31.7. The molecular formula is C50H69F3N14O14S2. The van der Waals surface area contributed by atoms with Gasteiger partial charge in [-0.2, -0.15) is 13.2 Å². The molecule has 2 aromatic carbocycles. The number of benzene rings is 2. The molecule has 2 saturated heterocycles. The number of alkyl halides is 3. The van der Waals surface area contributed by atoms with E-state index in [2.05, 4.69) is 42.2 Å². The minimum atomic E-state index is -5.08. The van der Waals surface area contributed by atoms with E-state index in [1.807, 2.05) is 0 Å². The molecule has 0 aromatic heterocycles. The summed E-state index contributed by atoms with van der Waals surface area (Å²) in [7, 11) is 5.21. The zero-order chi connectivity index (χ0) is 62.0. The number of nitrogens with one attached hydrogen (secondary N) is 7. The molecule has 0 saturated carbocycles. The van der Waals surface area contributed by atoms with Gasteiger partial charge in [0.1, 0.15) is 48.0 Å². The molecule has 28 nitrogen and oxygen atoms in total. The molecule has 0 spiro atoms. The van der Waals surface area contributed by atoms with Crippen molar-refractivity contribution in [2.24, 2.45) is 27.9 Å². The lowest BCUT2D eigenvalue weighted by Gasteiger charge is -2.31. The van der Waals surface area contributed by atoms with Gasteiger partial charge in [-0.15, -0.1) is 0 Å². The molecule has 11 amide bonds. The molecule has 0 bridgehead atoms. The largest absolute Gasteiger partial charge is 0.508 e. The first kappa shape index (κ1) is 68.9. The molecule has 2 aliphatic heterocycles. The molecule has 83 heavy (non-hydrogen) atoms. The number of carboxylic acid groups (broad SMARTS) is 1. The molecule has 0 radical (unpaired) electrons. The zero-order valence-corrected chi connectivity index (χ0v) is 46.9. The molecular weight excluding hydrogens is 1140 g/mol. The van der Waals surface area contributed by atoms with E-state index in [-0.39, 0.29) is 81.4 Å². The van der Waals surface area contributed by atoms with Crippen molar-refractivity contribution in [1.82, 2.24) is 47.0 Å². The molecule has 456 valence electrons. The summed E-state index contributed by atoms with van der Waals surface area (Å²) in [6.45, 7) is -0.218. The van der Waals surface area contributed by atoms with Crippen molar-refractivity contribution in [1.29, 1.82) is 0 Å². The molecule has 0 unspecified atom stereocenters. The lowest BCUT2D eigenvalue weighted by molar-refractivity contribution is -0.192. The normalized spacial score (nSPS) is 20.6. The number of rotatable bonds is 19. The van der Waals surface area contributed by atoms with Crippen LogP contribution in [0, 0.1) is 0 Å². The average Bonchev–Trinajstić information content (AvgIpc) is 3.93. The number of likely N-dealkylation sites (tertiary alicyclic amines) is 1. The van der Waals surface area contributed by atoms with Gasteiger partial charge in [0.2, 0.25) is 65.0 Å². The second-order valence-electron chi connectivity index (χ2n) is 19.0. The highest BCUT2D eigenvalue weighted by Gasteiger charge is 2.41. The number of nitrogens with two attached hydrogens (primary N) is 4. The number of nitrogens with zero attached hydrogens (tertiary/aromatic N) is 3. The molecule has 17 N–H and O–H groups in total. The number of phenolic OH excluding ortho intramolecular Hbond substituents is 1. The standard InChI is InChI=1S/C48H68N14O12S2.C2HF3O2/c1-61(2)40(67)25-54-41(68)30(10-6-19-53-48(51)52)57-46(73)36-11-7-20-62(36)47(74)35-26-76-75-21-18-39(66)55-32(23-28-12-14-29(63)15-13-28)43(70)58-33(22-27-8-4-3-5-9-27)44(71)56-31(16-17-37(49)64)42(69)59-34(24-38(50)65)45(72)60-35;3-2(4,5)1(6)7/h3-5,8-9,12-15,30-36,63H,6-7,10-11,16-26H2,1-2H3,(H2,49,64)(H2,50,65)(H,54,68)(H,55,66)(H,56,71)(H,57,73)(H,58,70)(H,59,69)(H,60,72)(H4,51,52,53);(H,6,7)/t30-,31+,32+,33+,34+,35+,36+;/m1./s1. The first-order chi connectivity index (χ1) is 39.0. The Labute approximate surface area is 482 Å². The Balaban J connectivity index is 0.00000241. The quantitative estimate of drug-likeness (QED) is 0.0287. The molecule has 2 heterocycles. The maximum absolute atomic E-state index is 14.6. The number of likely N-dealkylation sites (N-methyl/N-ethyl adjacent to an activating group) is 1. The van der Waals surface area contributed by atoms with Gasteiger partial charge in [-0.3, -0.25) is 57.7 Å². The van der Waals surface area contributed by atoms with Gasteiger partial charge in [0.05, 0.1) is 13.0 Å². The number of amides is 11. The number of carboxylic acids is 1. The van der Waals surface area contributed by atoms with Crippen LogP contribution in [0.5, 0.6) is 5.75 Å². The molecule has 2 aliphatic rings. The van der Waals surface area contributed by atoms with Crippen LogP contribution in [0.4, 0.5) is 13.2 Å². The van der Waals surface area contributed by atoms with E-state index < -0.39 is 139 Å². The molecule has 0 aliphatic carbocycles. The fourth-order valence-corrected chi connectivity index (χ4v) is 10.1. The molecule has 2 fully saturated rings. The second-order valence-corrected chi connectivity index (χ2v) is 21.6. The Morgan fingerprint density at radius 2 is 1.35 bits per heavy atom. The smallest absolute Gasteiger partial charge is 0.490 e. The Kier molecular flexibility index (Phi) is 28.4. The van der Waals surface area contributed by atoms with E-state index in [9.17, 15) is 71.0 Å². The summed E-state index contributed by atoms with van der Waals surface area (Å²) in [6.07, 6.45) is -6.34. The number of primary amides is 2. The van der Waals surface area contributed by atoms with Crippen molar-refractivity contribution in [3.05, 3.63) is 65.7 Å². The van der Waals surface area contributed by atoms with Gasteiger partial charge in [-0.05, 0) is 55.4 Å². The number of aliphatic imine (C=N–C) groups is 1. The van der Waals surface area contributed by atoms with E-state index in [1.54, 1.807) is 42.5 Å². The highest BCUT2D eigenvalue weighted by atomic mass is 33.1. The minimum absolute atomic E-state index is 0.0345. The van der Waals surface area contributed by atoms with Crippen molar-refractivity contribution in [2.45, 2.75) is 113 Å². The summed E-state index contributed by atoms with van der Waals surface area (Å²) in [5.74, 6) is -11.9. The fraction of sp³-hybridized carbons (Fsp3) is 0.500. The van der Waals surface area contributed by atoms with Crippen LogP contribution in [-0.4, -0.2) is 191 Å². The highest BCUT2D eigenvalue weighted by molar-refractivity contribution is 8.76. The molecule has 33 heteroatoms. The Hall–Kier alpha value is -8.36. The topological polar surface area (TPSA) is 452 Å². The summed E-state index contributed by atoms with van der Waals surface area (Å²) in [5, 5.41) is 35.2. The minimum Gasteiger partial charge on any atom is -0.508 e. The number of guanidine groups is 1. The number of halogens is 3. The molecule has 4 rings (SSSR count). The number of phenols is 1. The average molecular weight is 1210 g/mol. The third kappa shape index (κ3) is 25.1. The van der Waals surface area contributed by atoms with Crippen LogP contribution in [0.15, 0.2) is 59.6 Å². The van der Waals surface area contributed by atoms with Crippen LogP contribution in [0.1, 0.15) is 62.5 Å². The van der Waals surface area contributed by atoms with Crippen LogP contribution in [-0.2, 0) is 70.4 Å². The fourth-order valence-electron chi connectivity index (χ4n) is 7.93. The van der Waals surface area contributed by atoms with E-state index in [4.69, 9.17) is 32.8 Å². The first-order valence-electron chi connectivity index (χ1n) is 25.6. The van der Waals surface area contributed by atoms with Gasteiger partial charge in [-0.25, -0.2) is 4.79 Å². The van der Waals surface area contributed by atoms with Crippen molar-refractivity contribution in [2.75, 3.05) is 45.2 Å². The monoisotopic (exact) mass is 1210 g/mol. The number of hydrogen-bond acceptors (Lipinski definition) is 16. The van der Waals surface area contributed by atoms with Crippen molar-refractivity contribution in [3.8, 4) is 5.75 Å². The zero-order valence-electron chi connectivity index (χ0n) is 45.2. The summed E-state index contributed by atoms with van der Waals surface area (Å²) in [4.78, 5) is 165. The van der Waals surface area contributed by atoms with Crippen molar-refractivity contribution >= 4 is 98.5 Å². The van der Waals surface area contributed by atoms with Gasteiger partial charge >= 0.3 is 12.1 Å². The number of hydrogen-bond donors (Lipinski definition) is 13. The lowest BCUT2D eigenvalue weighted by Crippen LogP contribution is -2.61. The predicted octanol–water partition coefficient (Wildman–Crippen LogP) is -3.11. The van der Waals surface area contributed by atoms with Crippen LogP contribution < -0.4 is 60.2 Å². The van der Waals surface area contributed by atoms with E-state index in [0.717, 1.165) is 21.6 Å². The number of carbonyl (C=O) groups is 12. The predicted molar refractivity (Wildman–Crippen MR) is 295 cm³/mol. The van der Waals surface area contributed by atoms with Gasteiger partial charge in [0.25, 0.3) is 0 Å². The van der Waals surface area contributed by atoms with Crippen LogP contribution in [0.2, 0.25) is 0 Å². The summed E-state index contributed by atoms with van der Waals surface area (Å²) in [6, 6.07) is 4.60. The molecule has 7 atom stereocenters. The summed E-state index contributed by atoms with van der Waals surface area (Å²) >= 11 is 0. The lowest BCUT2D eigenvalue weighted by atomic mass is 10.0. The van der Waals surface area contributed by atoms with Gasteiger partial charge < -0.3 is 80.2 Å². The van der Waals surface area contributed by atoms with Gasteiger partial charge in [-0.1, -0.05) is 64.1 Å². The second kappa shape index (κ2) is 34.2. The first-order valence-corrected chi connectivity index (χ1v) is 28.1. The van der Waals surface area contributed by atoms with Gasteiger partial charge in [0.15, 0.2) is 5.96 Å². The highest BCUT2D eigenvalue weighted by Crippen LogP contribution is 2.26. The summed E-state index contributed by atoms with van der Waals surface area (Å²) in [5.41, 5.74) is 23.0. The van der Waals surface area contributed by atoms with Gasteiger partial charge in [0, 0.05) is 64.4 Å². The number of carbonyl (C=O) groups excluding carboxylic acids is 11. The Morgan fingerprint density at radius 1 is 0.783 bits per heavy atom. The maximum atomic E-state index is 14.6. The van der Waals surface area contributed by atoms with Crippen LogP contribution >= 0.6 is 21.6 Å². The SMILES string of the molecule is CN(C)C(=O)CNC(=O)[C@@H](CCCN=C(N)N)NC(=O)[C@@H]1CCCN1C(=O)[C@@H]1CSSCCC(=O)N[C@@H](Cc2ccc(O)cc2)C(=O)N[C@@H](Cc2ccccc2)C(=O)N[C@@H](CCC(N)=O)C(=O)N[C@@H](CC(N)=O)C(=O)N1.O=C(O)C(F)(F)F. The number of aliphatic carboxylic acids is 1. The van der Waals surface area contributed by atoms with E-state index in [1.165, 1.54) is 36.0 Å².